The Morgan fingerprint density at radius 2 is 1.73 bits per heavy atom. The maximum atomic E-state index is 14.0. The Balaban J connectivity index is 2.19. The third kappa shape index (κ3) is 9.96. The second-order valence-corrected chi connectivity index (χ2v) is 15.5. The van der Waals surface area contributed by atoms with Crippen molar-refractivity contribution >= 4 is 17.7 Å². The van der Waals surface area contributed by atoms with Crippen LogP contribution in [-0.4, -0.2) is 119 Å². The first-order valence-corrected chi connectivity index (χ1v) is 18.5. The van der Waals surface area contributed by atoms with E-state index in [-0.39, 0.29) is 37.2 Å². The van der Waals surface area contributed by atoms with E-state index in [1.807, 2.05) is 25.8 Å². The molecule has 0 saturated carbocycles. The van der Waals surface area contributed by atoms with Crippen molar-refractivity contribution in [3.05, 3.63) is 35.6 Å². The van der Waals surface area contributed by atoms with Gasteiger partial charge in [-0.15, -0.1) is 0 Å². The molecule has 0 radical (unpaired) electrons. The van der Waals surface area contributed by atoms with Gasteiger partial charge in [-0.05, 0) is 78.2 Å². The number of carbonyl (C=O) groups excluding carboxylic acids is 3. The van der Waals surface area contributed by atoms with Gasteiger partial charge < -0.3 is 43.9 Å². The molecular formula is C39H62FNO11. The quantitative estimate of drug-likeness (QED) is 0.315. The smallest absolute Gasteiger partial charge is 0.312 e. The van der Waals surface area contributed by atoms with Gasteiger partial charge in [0.2, 0.25) is 0 Å². The van der Waals surface area contributed by atoms with E-state index in [1.165, 1.54) is 46.1 Å². The van der Waals surface area contributed by atoms with Crippen LogP contribution in [0.2, 0.25) is 0 Å². The van der Waals surface area contributed by atoms with Crippen LogP contribution >= 0.6 is 0 Å². The minimum atomic E-state index is -2.01. The van der Waals surface area contributed by atoms with Crippen LogP contribution in [0.4, 0.5) is 4.39 Å². The molecule has 0 spiro atoms. The van der Waals surface area contributed by atoms with Crippen molar-refractivity contribution in [2.24, 2.45) is 23.7 Å². The fraction of sp³-hybridized carbons (Fsp3) is 0.769. The molecule has 2 fully saturated rings. The van der Waals surface area contributed by atoms with Crippen LogP contribution < -0.4 is 0 Å². The number of ketones is 1. The number of likely N-dealkylation sites (N-methyl/N-ethyl adjacent to an activating group) is 1. The molecular weight excluding hydrogens is 677 g/mol. The number of ether oxygens (including phenoxy) is 5. The zero-order valence-corrected chi connectivity index (χ0v) is 32.7. The number of Topliss-reactive ketones (excluding diaryl/α,β-unsaturated/α-hetero) is 1. The number of halogens is 1. The van der Waals surface area contributed by atoms with Crippen LogP contribution in [0.25, 0.3) is 0 Å². The Kier molecular flexibility index (Phi) is 15.4. The van der Waals surface area contributed by atoms with Crippen molar-refractivity contribution in [3.8, 4) is 0 Å². The van der Waals surface area contributed by atoms with Crippen molar-refractivity contribution < 1.29 is 57.8 Å². The molecule has 2 heterocycles. The van der Waals surface area contributed by atoms with Gasteiger partial charge in [-0.1, -0.05) is 46.8 Å². The van der Waals surface area contributed by atoms with Crippen molar-refractivity contribution in [3.63, 3.8) is 0 Å². The number of hydrogen-bond acceptors (Lipinski definition) is 12. The minimum absolute atomic E-state index is 0.0488. The monoisotopic (exact) mass is 739 g/mol. The molecule has 0 amide bonds. The summed E-state index contributed by atoms with van der Waals surface area (Å²) in [5, 5.41) is 34.5. The highest BCUT2D eigenvalue weighted by Crippen LogP contribution is 2.40. The standard InChI is InChI=1S/C39H62FNO11/c1-12-29-39(9,47)34(45)23(5)31(43)21(3)20-38(8,48-11)35(52-37-32(44)28(41(10)13-2)17-22(4)49-37)24(6)33(25(7)36(46)50-29)51-30(42)19-26-15-14-16-27(40)18-26/h14-16,18,21-25,28-29,32-35,37,44-45,47H,12-13,17,19-20H2,1-11H3/t21-,22-,23+,24+,25-,28+,29-,32-,33+,34-,35-,37+,38-,39-/m1/s1. The summed E-state index contributed by atoms with van der Waals surface area (Å²) in [6.07, 6.45) is -7.30. The average Bonchev–Trinajstić information content (AvgIpc) is 3.10. The number of benzene rings is 1. The summed E-state index contributed by atoms with van der Waals surface area (Å²) in [5.41, 5.74) is -2.98. The molecule has 0 aromatic heterocycles. The van der Waals surface area contributed by atoms with Gasteiger partial charge in [0.1, 0.15) is 35.5 Å². The molecule has 12 nitrogen and oxygen atoms in total. The number of carbonyl (C=O) groups is 3. The van der Waals surface area contributed by atoms with Crippen LogP contribution in [0, 0.1) is 29.5 Å². The zero-order chi connectivity index (χ0) is 39.3. The van der Waals surface area contributed by atoms with E-state index >= 15 is 0 Å². The molecule has 13 heteroatoms. The highest BCUT2D eigenvalue weighted by Gasteiger charge is 2.53. The molecule has 2 aliphatic heterocycles. The van der Waals surface area contributed by atoms with E-state index in [0.29, 0.717) is 18.5 Å². The summed E-state index contributed by atoms with van der Waals surface area (Å²) in [6.45, 7) is 15.7. The Morgan fingerprint density at radius 1 is 1.08 bits per heavy atom. The van der Waals surface area contributed by atoms with E-state index in [1.54, 1.807) is 33.8 Å². The first-order valence-electron chi connectivity index (χ1n) is 18.5. The molecule has 296 valence electrons. The third-order valence-electron chi connectivity index (χ3n) is 11.4. The first-order chi connectivity index (χ1) is 24.2. The fourth-order valence-electron chi connectivity index (χ4n) is 7.95. The fourth-order valence-corrected chi connectivity index (χ4v) is 7.95. The summed E-state index contributed by atoms with van der Waals surface area (Å²) < 4.78 is 45.1. The summed E-state index contributed by atoms with van der Waals surface area (Å²) in [6, 6.07) is 5.22. The first kappa shape index (κ1) is 43.9. The SMILES string of the molecule is CC[C@H]1OC(=O)[C@H](C)[C@@H](OC(=O)Cc2cccc(F)c2)[C@H](C)[C@@H](O[C@@H]2O[C@H](C)C[C@H](N(C)CC)[C@H]2O)[C@](C)(OC)C[C@@H](C)C(=O)[C@H](C)[C@@H](O)[C@]1(C)O. The summed E-state index contributed by atoms with van der Waals surface area (Å²) in [4.78, 5) is 43.5. The van der Waals surface area contributed by atoms with E-state index in [9.17, 15) is 34.1 Å². The second kappa shape index (κ2) is 18.2. The summed E-state index contributed by atoms with van der Waals surface area (Å²) in [7, 11) is 3.35. The number of esters is 2. The van der Waals surface area contributed by atoms with Gasteiger partial charge in [-0.3, -0.25) is 14.4 Å². The Hall–Kier alpha value is -2.52. The van der Waals surface area contributed by atoms with E-state index in [0.717, 1.165) is 0 Å². The van der Waals surface area contributed by atoms with Gasteiger partial charge in [0, 0.05) is 30.9 Å². The average molecular weight is 740 g/mol. The molecule has 14 atom stereocenters. The zero-order valence-electron chi connectivity index (χ0n) is 32.7. The predicted octanol–water partition coefficient (Wildman–Crippen LogP) is 3.84. The third-order valence-corrected chi connectivity index (χ3v) is 11.4. The molecule has 3 rings (SSSR count). The van der Waals surface area contributed by atoms with Crippen LogP contribution in [0.15, 0.2) is 24.3 Å². The largest absolute Gasteiger partial charge is 0.461 e. The number of methoxy groups -OCH3 is 1. The topological polar surface area (TPSA) is 161 Å². The minimum Gasteiger partial charge on any atom is -0.461 e. The van der Waals surface area contributed by atoms with Crippen LogP contribution in [-0.2, 0) is 44.5 Å². The molecule has 2 saturated heterocycles. The van der Waals surface area contributed by atoms with E-state index in [2.05, 4.69) is 0 Å². The van der Waals surface area contributed by atoms with E-state index in [4.69, 9.17) is 23.7 Å². The molecule has 0 aliphatic carbocycles. The number of hydrogen-bond donors (Lipinski definition) is 3. The Labute approximate surface area is 308 Å². The number of cyclic esters (lactones) is 1. The molecule has 3 N–H and O–H groups in total. The maximum Gasteiger partial charge on any atom is 0.312 e. The van der Waals surface area contributed by atoms with Gasteiger partial charge in [0.15, 0.2) is 6.29 Å². The predicted molar refractivity (Wildman–Crippen MR) is 190 cm³/mol. The Bertz CT molecular complexity index is 1360. The molecule has 1 aromatic rings. The molecule has 52 heavy (non-hydrogen) atoms. The van der Waals surface area contributed by atoms with Crippen molar-refractivity contribution in [2.45, 2.75) is 148 Å². The van der Waals surface area contributed by atoms with Crippen molar-refractivity contribution in [2.75, 3.05) is 20.7 Å². The maximum absolute atomic E-state index is 14.0. The van der Waals surface area contributed by atoms with Crippen molar-refractivity contribution in [1.29, 1.82) is 0 Å². The van der Waals surface area contributed by atoms with Gasteiger partial charge in [-0.2, -0.15) is 0 Å². The molecule has 2 aliphatic rings. The lowest BCUT2D eigenvalue weighted by Crippen LogP contribution is -2.61. The van der Waals surface area contributed by atoms with Crippen LogP contribution in [0.3, 0.4) is 0 Å². The van der Waals surface area contributed by atoms with Crippen LogP contribution in [0.1, 0.15) is 87.1 Å². The highest BCUT2D eigenvalue weighted by atomic mass is 19.1. The number of nitrogens with zero attached hydrogens (tertiary/aromatic N) is 1. The van der Waals surface area contributed by atoms with Gasteiger partial charge >= 0.3 is 11.9 Å². The molecule has 1 aromatic carbocycles. The Morgan fingerprint density at radius 3 is 2.31 bits per heavy atom. The highest BCUT2D eigenvalue weighted by molar-refractivity contribution is 5.83. The number of aliphatic hydroxyl groups excluding tert-OH is 2. The van der Waals surface area contributed by atoms with E-state index < -0.39 is 89.4 Å². The summed E-state index contributed by atoms with van der Waals surface area (Å²) >= 11 is 0. The number of aliphatic hydroxyl groups is 3. The number of rotatable bonds is 9. The van der Waals surface area contributed by atoms with Gasteiger partial charge in [0.05, 0.1) is 36.3 Å². The lowest BCUT2D eigenvalue weighted by Gasteiger charge is -2.48. The molecule has 0 bridgehead atoms. The van der Waals surface area contributed by atoms with Crippen LogP contribution in [0.5, 0.6) is 0 Å². The summed E-state index contributed by atoms with van der Waals surface area (Å²) in [5.74, 6) is -6.28. The lowest BCUT2D eigenvalue weighted by atomic mass is 9.74. The second-order valence-electron chi connectivity index (χ2n) is 15.5. The van der Waals surface area contributed by atoms with Crippen molar-refractivity contribution in [1.82, 2.24) is 4.90 Å². The van der Waals surface area contributed by atoms with Gasteiger partial charge in [-0.25, -0.2) is 4.39 Å². The lowest BCUT2D eigenvalue weighted by molar-refractivity contribution is -0.302. The molecule has 0 unspecified atom stereocenters. The van der Waals surface area contributed by atoms with Gasteiger partial charge in [0.25, 0.3) is 0 Å². The normalized spacial score (nSPS) is 39.8.